The molecule has 5 nitrogen and oxygen atoms in total. The number of nitrogens with one attached hydrogen (secondary N) is 1. The van der Waals surface area contributed by atoms with Crippen LogP contribution < -0.4 is 10.2 Å². The van der Waals surface area contributed by atoms with Gasteiger partial charge in [0.05, 0.1) is 0 Å². The van der Waals surface area contributed by atoms with E-state index in [1.54, 1.807) is 0 Å². The summed E-state index contributed by atoms with van der Waals surface area (Å²) in [6.45, 7) is 6.89. The van der Waals surface area contributed by atoms with Crippen molar-refractivity contribution in [2.75, 3.05) is 38.2 Å². The highest BCUT2D eigenvalue weighted by Gasteiger charge is 2.26. The summed E-state index contributed by atoms with van der Waals surface area (Å²) in [5.41, 5.74) is 2.49. The molecular weight excluding hydrogens is 314 g/mol. The highest BCUT2D eigenvalue weighted by Crippen LogP contribution is 2.26. The highest BCUT2D eigenvalue weighted by molar-refractivity contribution is 5.74. The lowest BCUT2D eigenvalue weighted by molar-refractivity contribution is 0.134. The Bertz CT molecular complexity index is 541. The van der Waals surface area contributed by atoms with Gasteiger partial charge in [0.25, 0.3) is 0 Å². The molecule has 0 radical (unpaired) electrons. The predicted octanol–water partition coefficient (Wildman–Crippen LogP) is 3.01. The molecule has 0 aliphatic heterocycles. The summed E-state index contributed by atoms with van der Waals surface area (Å²) in [4.78, 5) is 16.6. The van der Waals surface area contributed by atoms with Crippen molar-refractivity contribution in [1.82, 2.24) is 10.2 Å². The van der Waals surface area contributed by atoms with E-state index >= 15 is 0 Å². The van der Waals surface area contributed by atoms with Crippen LogP contribution in [0.4, 0.5) is 10.5 Å². The van der Waals surface area contributed by atoms with Crippen LogP contribution in [0.15, 0.2) is 24.3 Å². The van der Waals surface area contributed by atoms with E-state index in [1.165, 1.54) is 11.3 Å². The van der Waals surface area contributed by atoms with Gasteiger partial charge in [-0.15, -0.1) is 0 Å². The Morgan fingerprint density at radius 3 is 2.52 bits per heavy atom. The number of para-hydroxylation sites is 1. The summed E-state index contributed by atoms with van der Waals surface area (Å²) < 4.78 is 0. The van der Waals surface area contributed by atoms with Gasteiger partial charge in [-0.25, -0.2) is 4.79 Å². The zero-order valence-corrected chi connectivity index (χ0v) is 15.9. The van der Waals surface area contributed by atoms with Crippen molar-refractivity contribution in [3.8, 4) is 0 Å². The number of amides is 2. The molecule has 1 saturated carbocycles. The van der Waals surface area contributed by atoms with Gasteiger partial charge in [0.2, 0.25) is 0 Å². The van der Waals surface area contributed by atoms with Crippen LogP contribution in [0.5, 0.6) is 0 Å². The topological polar surface area (TPSA) is 55.8 Å². The Labute approximate surface area is 152 Å². The van der Waals surface area contributed by atoms with Gasteiger partial charge in [-0.3, -0.25) is 0 Å². The van der Waals surface area contributed by atoms with Crippen LogP contribution in [-0.4, -0.2) is 55.4 Å². The number of urea groups is 1. The maximum atomic E-state index is 12.4. The molecule has 0 atom stereocenters. The second-order valence-corrected chi connectivity index (χ2v) is 7.07. The number of aliphatic hydroxyl groups is 1. The quantitative estimate of drug-likeness (QED) is 0.797. The average Bonchev–Trinajstić information content (AvgIpc) is 2.65. The summed E-state index contributed by atoms with van der Waals surface area (Å²) in [5, 5.41) is 12.3. The zero-order chi connectivity index (χ0) is 18.2. The molecule has 1 aliphatic carbocycles. The molecule has 0 bridgehead atoms. The number of aryl methyl sites for hydroxylation is 1. The minimum absolute atomic E-state index is 0.00767. The van der Waals surface area contributed by atoms with E-state index < -0.39 is 0 Å². The molecule has 2 amide bonds. The van der Waals surface area contributed by atoms with Crippen LogP contribution >= 0.6 is 0 Å². The summed E-state index contributed by atoms with van der Waals surface area (Å²) in [6, 6.07) is 8.66. The Balaban J connectivity index is 1.78. The van der Waals surface area contributed by atoms with Gasteiger partial charge in [0.1, 0.15) is 0 Å². The van der Waals surface area contributed by atoms with Crippen LogP contribution in [0.25, 0.3) is 0 Å². The normalized spacial score (nSPS) is 20.2. The lowest BCUT2D eigenvalue weighted by atomic mass is 9.86. The number of carbonyl (C=O) groups is 1. The molecule has 1 aliphatic rings. The summed E-state index contributed by atoms with van der Waals surface area (Å²) in [6.07, 6.45) is 3.99. The largest absolute Gasteiger partial charge is 0.396 e. The molecule has 0 saturated heterocycles. The number of rotatable bonds is 7. The van der Waals surface area contributed by atoms with Crippen molar-refractivity contribution in [3.63, 3.8) is 0 Å². The minimum Gasteiger partial charge on any atom is -0.396 e. The van der Waals surface area contributed by atoms with Crippen molar-refractivity contribution >= 4 is 11.7 Å². The van der Waals surface area contributed by atoms with Gasteiger partial charge in [-0.1, -0.05) is 18.2 Å². The predicted molar refractivity (Wildman–Crippen MR) is 103 cm³/mol. The molecule has 1 aromatic rings. The fourth-order valence-corrected chi connectivity index (χ4v) is 3.67. The number of carbonyl (C=O) groups excluding carboxylic acids is 1. The first-order chi connectivity index (χ1) is 12.1. The van der Waals surface area contributed by atoms with E-state index in [1.807, 2.05) is 11.9 Å². The van der Waals surface area contributed by atoms with Crippen LogP contribution in [-0.2, 0) is 0 Å². The van der Waals surface area contributed by atoms with Crippen LogP contribution in [0.3, 0.4) is 0 Å². The number of aliphatic hydroxyl groups excluding tert-OH is 1. The van der Waals surface area contributed by atoms with Gasteiger partial charge >= 0.3 is 6.03 Å². The van der Waals surface area contributed by atoms with Crippen LogP contribution in [0, 0.1) is 12.8 Å². The molecule has 5 heteroatoms. The van der Waals surface area contributed by atoms with E-state index in [2.05, 4.69) is 48.3 Å². The Morgan fingerprint density at radius 2 is 1.92 bits per heavy atom. The monoisotopic (exact) mass is 347 g/mol. The Morgan fingerprint density at radius 1 is 1.24 bits per heavy atom. The van der Waals surface area contributed by atoms with E-state index in [4.69, 9.17) is 0 Å². The fourth-order valence-electron chi connectivity index (χ4n) is 3.67. The standard InChI is InChI=1S/C20H33N3O2/c1-4-23(19-8-6-5-7-16(19)2)14-13-21-20(25)22(3)18-11-9-17(15-24)10-12-18/h5-8,17-18,24H,4,9-15H2,1-3H3,(H,21,25). The number of anilines is 1. The number of hydrogen-bond donors (Lipinski definition) is 2. The lowest BCUT2D eigenvalue weighted by Gasteiger charge is -2.34. The average molecular weight is 348 g/mol. The molecule has 2 rings (SSSR count). The number of hydrogen-bond acceptors (Lipinski definition) is 3. The second kappa shape index (κ2) is 9.66. The Hall–Kier alpha value is -1.75. The maximum Gasteiger partial charge on any atom is 0.317 e. The zero-order valence-electron chi connectivity index (χ0n) is 15.9. The molecule has 25 heavy (non-hydrogen) atoms. The number of benzene rings is 1. The van der Waals surface area contributed by atoms with Gasteiger partial charge in [0, 0.05) is 45.0 Å². The first kappa shape index (κ1) is 19.6. The van der Waals surface area contributed by atoms with Crippen molar-refractivity contribution in [2.45, 2.75) is 45.6 Å². The maximum absolute atomic E-state index is 12.4. The van der Waals surface area contributed by atoms with E-state index in [0.29, 0.717) is 18.5 Å². The molecule has 0 aromatic heterocycles. The van der Waals surface area contributed by atoms with E-state index in [0.717, 1.165) is 38.8 Å². The van der Waals surface area contributed by atoms with Crippen LogP contribution in [0.2, 0.25) is 0 Å². The van der Waals surface area contributed by atoms with Crippen molar-refractivity contribution in [1.29, 1.82) is 0 Å². The first-order valence-corrected chi connectivity index (χ1v) is 9.48. The first-order valence-electron chi connectivity index (χ1n) is 9.48. The van der Waals surface area contributed by atoms with E-state index in [-0.39, 0.29) is 12.6 Å². The van der Waals surface area contributed by atoms with Gasteiger partial charge in [-0.05, 0) is 57.1 Å². The molecule has 0 spiro atoms. The molecule has 2 N–H and O–H groups in total. The molecule has 1 aromatic carbocycles. The third-order valence-corrected chi connectivity index (χ3v) is 5.44. The second-order valence-electron chi connectivity index (χ2n) is 7.07. The van der Waals surface area contributed by atoms with Gasteiger partial charge in [0.15, 0.2) is 0 Å². The highest BCUT2D eigenvalue weighted by atomic mass is 16.3. The number of nitrogens with zero attached hydrogens (tertiary/aromatic N) is 2. The molecule has 140 valence electrons. The van der Waals surface area contributed by atoms with Gasteiger partial charge in [-0.2, -0.15) is 0 Å². The third kappa shape index (κ3) is 5.36. The molecule has 1 fully saturated rings. The van der Waals surface area contributed by atoms with Crippen molar-refractivity contribution in [2.24, 2.45) is 5.92 Å². The van der Waals surface area contributed by atoms with Gasteiger partial charge < -0.3 is 20.2 Å². The van der Waals surface area contributed by atoms with E-state index in [9.17, 15) is 9.90 Å². The SMILES string of the molecule is CCN(CCNC(=O)N(C)C1CCC(CO)CC1)c1ccccc1C. The smallest absolute Gasteiger partial charge is 0.317 e. The number of likely N-dealkylation sites (N-methyl/N-ethyl adjacent to an activating group) is 1. The molecule has 0 unspecified atom stereocenters. The minimum atomic E-state index is 0.00767. The molecule has 0 heterocycles. The van der Waals surface area contributed by atoms with Crippen LogP contribution in [0.1, 0.15) is 38.2 Å². The fraction of sp³-hybridized carbons (Fsp3) is 0.650. The molecular formula is C20H33N3O2. The Kier molecular flexibility index (Phi) is 7.56. The summed E-state index contributed by atoms with van der Waals surface area (Å²) >= 11 is 0. The lowest BCUT2D eigenvalue weighted by Crippen LogP contribution is -2.47. The third-order valence-electron chi connectivity index (χ3n) is 5.44. The van der Waals surface area contributed by atoms with Crippen molar-refractivity contribution in [3.05, 3.63) is 29.8 Å². The summed E-state index contributed by atoms with van der Waals surface area (Å²) in [7, 11) is 1.89. The summed E-state index contributed by atoms with van der Waals surface area (Å²) in [5.74, 6) is 0.417. The van der Waals surface area contributed by atoms with Crippen molar-refractivity contribution < 1.29 is 9.90 Å².